The van der Waals surface area contributed by atoms with E-state index in [4.69, 9.17) is 9.84 Å². The van der Waals surface area contributed by atoms with Crippen LogP contribution in [0, 0.1) is 0 Å². The lowest BCUT2D eigenvalue weighted by Gasteiger charge is -2.03. The number of carboxylic acid groups (broad SMARTS) is 1. The number of rotatable bonds is 4. The fourth-order valence-corrected chi connectivity index (χ4v) is 2.36. The lowest BCUT2D eigenvalue weighted by atomic mass is 10.2. The van der Waals surface area contributed by atoms with Crippen molar-refractivity contribution in [1.29, 1.82) is 0 Å². The van der Waals surface area contributed by atoms with Crippen molar-refractivity contribution < 1.29 is 14.6 Å². The zero-order valence-electron chi connectivity index (χ0n) is 8.23. The van der Waals surface area contributed by atoms with Gasteiger partial charge in [0.2, 0.25) is 0 Å². The van der Waals surface area contributed by atoms with Crippen molar-refractivity contribution in [2.75, 3.05) is 12.4 Å². The van der Waals surface area contributed by atoms with E-state index in [1.165, 1.54) is 5.56 Å². The molecule has 0 radical (unpaired) electrons. The van der Waals surface area contributed by atoms with Crippen LogP contribution in [0.15, 0.2) is 23.1 Å². The molecule has 0 saturated carbocycles. The van der Waals surface area contributed by atoms with E-state index in [1.54, 1.807) is 11.8 Å². The molecule has 0 aliphatic carbocycles. The number of thioether (sulfide) groups is 1. The lowest BCUT2D eigenvalue weighted by molar-refractivity contribution is -0.136. The van der Waals surface area contributed by atoms with E-state index in [9.17, 15) is 4.79 Å². The molecule has 1 aliphatic heterocycles. The zero-order chi connectivity index (χ0) is 10.7. The van der Waals surface area contributed by atoms with Crippen LogP contribution in [0.2, 0.25) is 0 Å². The van der Waals surface area contributed by atoms with E-state index in [1.807, 2.05) is 12.1 Å². The third-order valence-electron chi connectivity index (χ3n) is 2.25. The first-order valence-electron chi connectivity index (χ1n) is 4.86. The van der Waals surface area contributed by atoms with E-state index in [-0.39, 0.29) is 6.42 Å². The summed E-state index contributed by atoms with van der Waals surface area (Å²) in [6.45, 7) is 0.762. The lowest BCUT2D eigenvalue weighted by Crippen LogP contribution is -1.95. The van der Waals surface area contributed by atoms with Gasteiger partial charge in [0.15, 0.2) is 0 Å². The molecule has 2 rings (SSSR count). The number of ether oxygens (including phenoxy) is 1. The van der Waals surface area contributed by atoms with Crippen LogP contribution >= 0.6 is 11.8 Å². The van der Waals surface area contributed by atoms with Crippen molar-refractivity contribution in [2.45, 2.75) is 17.7 Å². The highest BCUT2D eigenvalue weighted by atomic mass is 32.2. The predicted octanol–water partition coefficient (Wildman–Crippen LogP) is 2.19. The van der Waals surface area contributed by atoms with Crippen molar-refractivity contribution in [3.8, 4) is 5.75 Å². The maximum Gasteiger partial charge on any atom is 0.304 e. The largest absolute Gasteiger partial charge is 0.493 e. The Balaban J connectivity index is 1.95. The predicted molar refractivity (Wildman–Crippen MR) is 58.6 cm³/mol. The number of carbonyl (C=O) groups is 1. The Bertz CT molecular complexity index is 376. The second kappa shape index (κ2) is 4.57. The van der Waals surface area contributed by atoms with Gasteiger partial charge in [-0.25, -0.2) is 0 Å². The van der Waals surface area contributed by atoms with Gasteiger partial charge in [-0.05, 0) is 17.7 Å². The molecule has 4 heteroatoms. The maximum absolute atomic E-state index is 10.3. The van der Waals surface area contributed by atoms with Crippen molar-refractivity contribution in [3.63, 3.8) is 0 Å². The minimum Gasteiger partial charge on any atom is -0.493 e. The fraction of sp³-hybridized carbons (Fsp3) is 0.364. The molecule has 0 fully saturated rings. The summed E-state index contributed by atoms with van der Waals surface area (Å²) in [4.78, 5) is 11.4. The van der Waals surface area contributed by atoms with E-state index in [0.717, 1.165) is 23.7 Å². The summed E-state index contributed by atoms with van der Waals surface area (Å²) in [6.07, 6.45) is 1.18. The minimum absolute atomic E-state index is 0.197. The Morgan fingerprint density at radius 3 is 3.20 bits per heavy atom. The fourth-order valence-electron chi connectivity index (χ4n) is 1.49. The molecule has 0 bridgehead atoms. The van der Waals surface area contributed by atoms with Crippen LogP contribution in [0.4, 0.5) is 0 Å². The molecule has 1 aromatic carbocycles. The van der Waals surface area contributed by atoms with Gasteiger partial charge in [-0.1, -0.05) is 6.07 Å². The Morgan fingerprint density at radius 2 is 2.40 bits per heavy atom. The van der Waals surface area contributed by atoms with Gasteiger partial charge in [-0.3, -0.25) is 4.79 Å². The topological polar surface area (TPSA) is 46.5 Å². The molecule has 0 spiro atoms. The smallest absolute Gasteiger partial charge is 0.304 e. The molecular weight excluding hydrogens is 212 g/mol. The molecule has 1 heterocycles. The van der Waals surface area contributed by atoms with Crippen LogP contribution in [0.3, 0.4) is 0 Å². The zero-order valence-corrected chi connectivity index (χ0v) is 9.05. The van der Waals surface area contributed by atoms with E-state index < -0.39 is 5.97 Å². The van der Waals surface area contributed by atoms with Crippen LogP contribution in [0.5, 0.6) is 5.75 Å². The average molecular weight is 224 g/mol. The van der Waals surface area contributed by atoms with Gasteiger partial charge >= 0.3 is 5.97 Å². The Morgan fingerprint density at radius 1 is 1.53 bits per heavy atom. The van der Waals surface area contributed by atoms with E-state index in [2.05, 4.69) is 6.07 Å². The van der Waals surface area contributed by atoms with Crippen LogP contribution in [0.1, 0.15) is 12.0 Å². The van der Waals surface area contributed by atoms with Crippen LogP contribution in [-0.2, 0) is 11.2 Å². The number of fused-ring (bicyclic) bond motifs is 1. The van der Waals surface area contributed by atoms with Crippen LogP contribution in [0.25, 0.3) is 0 Å². The molecule has 3 nitrogen and oxygen atoms in total. The Hall–Kier alpha value is -1.16. The number of hydrogen-bond acceptors (Lipinski definition) is 3. The van der Waals surface area contributed by atoms with Gasteiger partial charge in [0.05, 0.1) is 13.0 Å². The van der Waals surface area contributed by atoms with Gasteiger partial charge in [0.25, 0.3) is 0 Å². The highest BCUT2D eigenvalue weighted by Gasteiger charge is 2.12. The third kappa shape index (κ3) is 2.65. The quantitative estimate of drug-likeness (QED) is 0.796. The van der Waals surface area contributed by atoms with Gasteiger partial charge in [0.1, 0.15) is 5.75 Å². The summed E-state index contributed by atoms with van der Waals surface area (Å²) >= 11 is 1.55. The SMILES string of the molecule is O=C(O)CCSc1ccc2c(c1)OCC2. The highest BCUT2D eigenvalue weighted by molar-refractivity contribution is 7.99. The summed E-state index contributed by atoms with van der Waals surface area (Å²) in [7, 11) is 0. The molecule has 15 heavy (non-hydrogen) atoms. The van der Waals surface area contributed by atoms with Gasteiger partial charge in [-0.2, -0.15) is 0 Å². The second-order valence-electron chi connectivity index (χ2n) is 3.36. The molecule has 1 N–H and O–H groups in total. The van der Waals surface area contributed by atoms with E-state index >= 15 is 0 Å². The molecule has 80 valence electrons. The summed E-state index contributed by atoms with van der Waals surface area (Å²) in [5.41, 5.74) is 1.25. The number of aliphatic carboxylic acids is 1. The number of carboxylic acids is 1. The average Bonchev–Trinajstić information content (AvgIpc) is 2.64. The molecule has 1 aliphatic rings. The summed E-state index contributed by atoms with van der Waals surface area (Å²) in [5, 5.41) is 8.51. The second-order valence-corrected chi connectivity index (χ2v) is 4.53. The normalized spacial score (nSPS) is 13.3. The summed E-state index contributed by atoms with van der Waals surface area (Å²) in [5.74, 6) is 0.809. The summed E-state index contributed by atoms with van der Waals surface area (Å²) < 4.78 is 5.44. The minimum atomic E-state index is -0.750. The molecular formula is C11H12O3S. The summed E-state index contributed by atoms with van der Waals surface area (Å²) in [6, 6.07) is 6.08. The molecule has 0 unspecified atom stereocenters. The Kier molecular flexibility index (Phi) is 3.16. The number of benzene rings is 1. The van der Waals surface area contributed by atoms with Gasteiger partial charge in [0, 0.05) is 17.1 Å². The van der Waals surface area contributed by atoms with Crippen molar-refractivity contribution >= 4 is 17.7 Å². The monoisotopic (exact) mass is 224 g/mol. The third-order valence-corrected chi connectivity index (χ3v) is 3.25. The van der Waals surface area contributed by atoms with Crippen molar-refractivity contribution in [2.24, 2.45) is 0 Å². The van der Waals surface area contributed by atoms with Gasteiger partial charge < -0.3 is 9.84 Å². The van der Waals surface area contributed by atoms with Crippen molar-refractivity contribution in [3.05, 3.63) is 23.8 Å². The first kappa shape index (κ1) is 10.4. The maximum atomic E-state index is 10.3. The highest BCUT2D eigenvalue weighted by Crippen LogP contribution is 2.30. The van der Waals surface area contributed by atoms with Crippen LogP contribution < -0.4 is 4.74 Å². The van der Waals surface area contributed by atoms with Gasteiger partial charge in [-0.15, -0.1) is 11.8 Å². The standard InChI is InChI=1S/C11H12O3S/c12-11(13)4-6-15-9-2-1-8-3-5-14-10(8)7-9/h1-2,7H,3-6H2,(H,12,13). The van der Waals surface area contributed by atoms with Crippen molar-refractivity contribution in [1.82, 2.24) is 0 Å². The first-order valence-corrected chi connectivity index (χ1v) is 5.84. The molecule has 0 amide bonds. The molecule has 0 aromatic heterocycles. The molecule has 1 aromatic rings. The van der Waals surface area contributed by atoms with Crippen LogP contribution in [-0.4, -0.2) is 23.4 Å². The Labute approximate surface area is 92.4 Å². The number of hydrogen-bond donors (Lipinski definition) is 1. The van der Waals surface area contributed by atoms with E-state index in [0.29, 0.717) is 5.75 Å². The first-order chi connectivity index (χ1) is 7.25. The molecule has 0 saturated heterocycles. The molecule has 0 atom stereocenters.